The number of carbonyl (C=O) groups is 2. The van der Waals surface area contributed by atoms with Crippen LogP contribution in [-0.4, -0.2) is 44.0 Å². The van der Waals surface area contributed by atoms with Gasteiger partial charge in [0.2, 0.25) is 0 Å². The molecule has 0 bridgehead atoms. The summed E-state index contributed by atoms with van der Waals surface area (Å²) in [5.74, 6) is 0.530. The van der Waals surface area contributed by atoms with Crippen molar-refractivity contribution in [2.75, 3.05) is 19.8 Å². The van der Waals surface area contributed by atoms with Crippen molar-refractivity contribution in [3.05, 3.63) is 35.4 Å². The summed E-state index contributed by atoms with van der Waals surface area (Å²) in [6.07, 6.45) is 4.21. The average molecular weight is 405 g/mol. The predicted molar refractivity (Wildman–Crippen MR) is 107 cm³/mol. The van der Waals surface area contributed by atoms with Crippen molar-refractivity contribution in [3.8, 4) is 0 Å². The number of benzene rings is 1. The Morgan fingerprint density at radius 2 is 1.38 bits per heavy atom. The molecule has 0 radical (unpaired) electrons. The van der Waals surface area contributed by atoms with Crippen LogP contribution in [0.1, 0.15) is 50.7 Å². The van der Waals surface area contributed by atoms with Crippen LogP contribution in [0, 0.1) is 11.8 Å². The molecule has 2 aliphatic carbocycles. The second-order valence-corrected chi connectivity index (χ2v) is 8.13. The number of carbonyl (C=O) groups excluding carboxylic acids is 2. The Hall–Kier alpha value is -1.92. The van der Waals surface area contributed by atoms with Crippen LogP contribution in [0.2, 0.25) is 0 Å². The van der Waals surface area contributed by atoms with Crippen molar-refractivity contribution in [1.82, 2.24) is 0 Å². The second-order valence-electron chi connectivity index (χ2n) is 8.13. The van der Waals surface area contributed by atoms with Gasteiger partial charge >= 0.3 is 11.9 Å². The molecule has 1 aromatic carbocycles. The SMILES string of the molecule is C[C@H](OCC1CC1)C(=O)OCCc1ccccc1COC(=O)[C@H](C)OCC1CC1. The van der Waals surface area contributed by atoms with E-state index in [9.17, 15) is 9.59 Å². The molecule has 2 fully saturated rings. The molecule has 160 valence electrons. The minimum Gasteiger partial charge on any atom is -0.463 e. The number of ether oxygens (including phenoxy) is 4. The Labute approximate surface area is 172 Å². The molecule has 0 amide bonds. The highest BCUT2D eigenvalue weighted by Crippen LogP contribution is 2.29. The fourth-order valence-corrected chi connectivity index (χ4v) is 2.85. The Morgan fingerprint density at radius 3 is 1.93 bits per heavy atom. The smallest absolute Gasteiger partial charge is 0.335 e. The van der Waals surface area contributed by atoms with Crippen molar-refractivity contribution in [1.29, 1.82) is 0 Å². The van der Waals surface area contributed by atoms with Gasteiger partial charge in [-0.25, -0.2) is 9.59 Å². The first-order chi connectivity index (χ1) is 14.0. The van der Waals surface area contributed by atoms with Crippen LogP contribution in [0.5, 0.6) is 0 Å². The zero-order chi connectivity index (χ0) is 20.6. The Bertz CT molecular complexity index is 680. The van der Waals surface area contributed by atoms with Gasteiger partial charge in [0.15, 0.2) is 12.2 Å². The molecule has 0 aromatic heterocycles. The maximum absolute atomic E-state index is 12.1. The molecular formula is C23H32O6. The summed E-state index contributed by atoms with van der Waals surface area (Å²) < 4.78 is 21.9. The lowest BCUT2D eigenvalue weighted by Gasteiger charge is -2.15. The van der Waals surface area contributed by atoms with Gasteiger partial charge in [0, 0.05) is 6.42 Å². The molecule has 6 nitrogen and oxygen atoms in total. The summed E-state index contributed by atoms with van der Waals surface area (Å²) in [7, 11) is 0. The molecule has 0 saturated heterocycles. The van der Waals surface area contributed by atoms with E-state index in [1.54, 1.807) is 13.8 Å². The largest absolute Gasteiger partial charge is 0.463 e. The molecule has 0 aliphatic heterocycles. The van der Waals surface area contributed by atoms with Crippen LogP contribution < -0.4 is 0 Å². The third-order valence-corrected chi connectivity index (χ3v) is 5.33. The highest BCUT2D eigenvalue weighted by atomic mass is 16.6. The van der Waals surface area contributed by atoms with Gasteiger partial charge in [0.1, 0.15) is 6.61 Å². The third-order valence-electron chi connectivity index (χ3n) is 5.33. The summed E-state index contributed by atoms with van der Waals surface area (Å²) in [4.78, 5) is 24.1. The Morgan fingerprint density at radius 1 is 0.862 bits per heavy atom. The van der Waals surface area contributed by atoms with Gasteiger partial charge in [-0.15, -0.1) is 0 Å². The first kappa shape index (κ1) is 21.8. The number of rotatable bonds is 13. The highest BCUT2D eigenvalue weighted by molar-refractivity contribution is 5.74. The summed E-state index contributed by atoms with van der Waals surface area (Å²) >= 11 is 0. The zero-order valence-electron chi connectivity index (χ0n) is 17.4. The van der Waals surface area contributed by atoms with Gasteiger partial charge in [-0.05, 0) is 62.5 Å². The minimum atomic E-state index is -0.555. The third kappa shape index (κ3) is 7.78. The number of hydrogen-bond donors (Lipinski definition) is 0. The first-order valence-corrected chi connectivity index (χ1v) is 10.7. The van der Waals surface area contributed by atoms with Gasteiger partial charge in [-0.1, -0.05) is 24.3 Å². The van der Waals surface area contributed by atoms with Gasteiger partial charge < -0.3 is 18.9 Å². The van der Waals surface area contributed by atoms with E-state index in [2.05, 4.69) is 0 Å². The van der Waals surface area contributed by atoms with Crippen molar-refractivity contribution in [3.63, 3.8) is 0 Å². The number of hydrogen-bond acceptors (Lipinski definition) is 6. The minimum absolute atomic E-state index is 0.182. The quantitative estimate of drug-likeness (QED) is 0.469. The number of esters is 2. The molecule has 0 spiro atoms. The molecule has 2 aliphatic rings. The van der Waals surface area contributed by atoms with E-state index in [0.29, 0.717) is 31.5 Å². The highest BCUT2D eigenvalue weighted by Gasteiger charge is 2.25. The molecule has 0 heterocycles. The lowest BCUT2D eigenvalue weighted by molar-refractivity contribution is -0.157. The van der Waals surface area contributed by atoms with E-state index in [4.69, 9.17) is 18.9 Å². The van der Waals surface area contributed by atoms with E-state index >= 15 is 0 Å². The molecule has 3 rings (SSSR count). The van der Waals surface area contributed by atoms with Gasteiger partial charge in [0.05, 0.1) is 19.8 Å². The van der Waals surface area contributed by atoms with E-state index in [1.807, 2.05) is 24.3 Å². The summed E-state index contributed by atoms with van der Waals surface area (Å²) in [6, 6.07) is 7.70. The molecule has 0 N–H and O–H groups in total. The lowest BCUT2D eigenvalue weighted by atomic mass is 10.1. The van der Waals surface area contributed by atoms with E-state index < -0.39 is 12.2 Å². The molecule has 29 heavy (non-hydrogen) atoms. The second kappa shape index (κ2) is 10.7. The standard InChI is InChI=1S/C23H32O6/c1-16(27-13-18-7-8-18)22(24)26-12-11-20-5-3-4-6-21(20)15-29-23(25)17(2)28-14-19-9-10-19/h3-6,16-19H,7-15H2,1-2H3/t16-,17-/m0/s1. The van der Waals surface area contributed by atoms with Crippen LogP contribution in [-0.2, 0) is 41.6 Å². The fraction of sp³-hybridized carbons (Fsp3) is 0.652. The van der Waals surface area contributed by atoms with Crippen molar-refractivity contribution < 1.29 is 28.5 Å². The molecule has 6 heteroatoms. The first-order valence-electron chi connectivity index (χ1n) is 10.7. The Balaban J connectivity index is 1.38. The normalized spacial score (nSPS) is 18.1. The molecule has 2 atom stereocenters. The maximum Gasteiger partial charge on any atom is 0.335 e. The lowest BCUT2D eigenvalue weighted by Crippen LogP contribution is -2.25. The topological polar surface area (TPSA) is 71.1 Å². The predicted octanol–water partition coefficient (Wildman–Crippen LogP) is 3.45. The van der Waals surface area contributed by atoms with Crippen LogP contribution >= 0.6 is 0 Å². The summed E-state index contributed by atoms with van der Waals surface area (Å²) in [5, 5.41) is 0. The van der Waals surface area contributed by atoms with Gasteiger partial charge in [-0.3, -0.25) is 0 Å². The summed E-state index contributed by atoms with van der Waals surface area (Å²) in [6.45, 7) is 5.16. The van der Waals surface area contributed by atoms with Crippen LogP contribution in [0.4, 0.5) is 0 Å². The van der Waals surface area contributed by atoms with Crippen LogP contribution in [0.3, 0.4) is 0 Å². The average Bonchev–Trinajstić information content (AvgIpc) is 3.63. The van der Waals surface area contributed by atoms with Crippen LogP contribution in [0.25, 0.3) is 0 Å². The molecular weight excluding hydrogens is 372 g/mol. The van der Waals surface area contributed by atoms with E-state index in [1.165, 1.54) is 25.7 Å². The Kier molecular flexibility index (Phi) is 8.07. The van der Waals surface area contributed by atoms with Gasteiger partial charge in [-0.2, -0.15) is 0 Å². The monoisotopic (exact) mass is 404 g/mol. The fourth-order valence-electron chi connectivity index (χ4n) is 2.85. The molecule has 1 aromatic rings. The molecule has 2 saturated carbocycles. The van der Waals surface area contributed by atoms with Crippen molar-refractivity contribution in [2.45, 2.75) is 64.8 Å². The van der Waals surface area contributed by atoms with Gasteiger partial charge in [0.25, 0.3) is 0 Å². The van der Waals surface area contributed by atoms with Crippen molar-refractivity contribution in [2.24, 2.45) is 11.8 Å². The molecule has 0 unspecified atom stereocenters. The van der Waals surface area contributed by atoms with E-state index in [-0.39, 0.29) is 25.2 Å². The summed E-state index contributed by atoms with van der Waals surface area (Å²) in [5.41, 5.74) is 1.90. The van der Waals surface area contributed by atoms with Crippen molar-refractivity contribution >= 4 is 11.9 Å². The van der Waals surface area contributed by atoms with E-state index in [0.717, 1.165) is 11.1 Å². The van der Waals surface area contributed by atoms with Crippen LogP contribution in [0.15, 0.2) is 24.3 Å². The zero-order valence-corrected chi connectivity index (χ0v) is 17.4. The maximum atomic E-state index is 12.1.